The molecular formula is C21H18BrCl2N3O4. The zero-order valence-electron chi connectivity index (χ0n) is 16.9. The smallest absolute Gasteiger partial charge is 0.347 e. The Balaban J connectivity index is 1.92. The first-order chi connectivity index (χ1) is 14.7. The lowest BCUT2D eigenvalue weighted by Gasteiger charge is -2.16. The number of hydrogen-bond donors (Lipinski definition) is 0. The van der Waals surface area contributed by atoms with E-state index in [9.17, 15) is 9.59 Å². The van der Waals surface area contributed by atoms with Crippen LogP contribution in [0.2, 0.25) is 10.0 Å². The van der Waals surface area contributed by atoms with E-state index in [4.69, 9.17) is 32.7 Å². The second-order valence-corrected chi connectivity index (χ2v) is 8.24. The summed E-state index contributed by atoms with van der Waals surface area (Å²) in [6.45, 7) is 5.17. The second-order valence-electron chi connectivity index (χ2n) is 6.51. The number of hydrogen-bond acceptors (Lipinski definition) is 6. The highest BCUT2D eigenvalue weighted by Crippen LogP contribution is 2.34. The Morgan fingerprint density at radius 2 is 1.97 bits per heavy atom. The third-order valence-corrected chi connectivity index (χ3v) is 5.28. The Kier molecular flexibility index (Phi) is 7.35. The molecular weight excluding hydrogens is 509 g/mol. The predicted molar refractivity (Wildman–Crippen MR) is 125 cm³/mol. The van der Waals surface area contributed by atoms with Gasteiger partial charge in [0.05, 0.1) is 33.8 Å². The van der Waals surface area contributed by atoms with Crippen LogP contribution in [0.1, 0.15) is 25.2 Å². The lowest BCUT2D eigenvalue weighted by Crippen LogP contribution is -2.26. The van der Waals surface area contributed by atoms with Crippen molar-refractivity contribution in [1.82, 2.24) is 9.66 Å². The van der Waals surface area contributed by atoms with E-state index in [1.807, 2.05) is 6.07 Å². The SMILES string of the molecule is CCOC(=O)[C@@H](C)Oc1c(Cl)cc(C=Nn2c(C)nc3ccc(Br)cc3c2=O)cc1Cl. The van der Waals surface area contributed by atoms with Crippen LogP contribution in [-0.4, -0.2) is 34.6 Å². The van der Waals surface area contributed by atoms with Gasteiger partial charge in [-0.15, -0.1) is 0 Å². The number of carbonyl (C=O) groups is 1. The highest BCUT2D eigenvalue weighted by Gasteiger charge is 2.19. The third kappa shape index (κ3) is 5.26. The van der Waals surface area contributed by atoms with Crippen molar-refractivity contribution in [3.8, 4) is 5.75 Å². The van der Waals surface area contributed by atoms with Gasteiger partial charge >= 0.3 is 5.97 Å². The number of carbonyl (C=O) groups excluding carboxylic acids is 1. The summed E-state index contributed by atoms with van der Waals surface area (Å²) < 4.78 is 12.4. The number of ether oxygens (including phenoxy) is 2. The Bertz CT molecular complexity index is 1220. The maximum atomic E-state index is 12.8. The van der Waals surface area contributed by atoms with Crippen molar-refractivity contribution in [3.63, 3.8) is 0 Å². The summed E-state index contributed by atoms with van der Waals surface area (Å²) in [6.07, 6.45) is 0.564. The van der Waals surface area contributed by atoms with Gasteiger partial charge < -0.3 is 9.47 Å². The summed E-state index contributed by atoms with van der Waals surface area (Å²) in [7, 11) is 0. The number of nitrogens with zero attached hydrogens (tertiary/aromatic N) is 3. The summed E-state index contributed by atoms with van der Waals surface area (Å²) >= 11 is 15.9. The molecule has 2 aromatic carbocycles. The van der Waals surface area contributed by atoms with E-state index in [2.05, 4.69) is 26.0 Å². The topological polar surface area (TPSA) is 82.8 Å². The van der Waals surface area contributed by atoms with Crippen LogP contribution < -0.4 is 10.3 Å². The monoisotopic (exact) mass is 525 g/mol. The third-order valence-electron chi connectivity index (χ3n) is 4.23. The molecule has 7 nitrogen and oxygen atoms in total. The second kappa shape index (κ2) is 9.80. The fourth-order valence-electron chi connectivity index (χ4n) is 2.77. The number of esters is 1. The van der Waals surface area contributed by atoms with E-state index in [1.165, 1.54) is 10.9 Å². The summed E-state index contributed by atoms with van der Waals surface area (Å²) in [5, 5.41) is 5.06. The van der Waals surface area contributed by atoms with E-state index in [-0.39, 0.29) is 28.0 Å². The van der Waals surface area contributed by atoms with Crippen LogP contribution in [0.5, 0.6) is 5.75 Å². The molecule has 0 N–H and O–H groups in total. The zero-order chi connectivity index (χ0) is 22.7. The number of halogens is 3. The van der Waals surface area contributed by atoms with Gasteiger partial charge in [0.15, 0.2) is 11.9 Å². The van der Waals surface area contributed by atoms with Crippen LogP contribution >= 0.6 is 39.1 Å². The number of fused-ring (bicyclic) bond motifs is 1. The fraction of sp³-hybridized carbons (Fsp3) is 0.238. The van der Waals surface area contributed by atoms with Crippen LogP contribution in [0.15, 0.2) is 44.7 Å². The quantitative estimate of drug-likeness (QED) is 0.334. The molecule has 0 amide bonds. The molecule has 0 aliphatic heterocycles. The number of aromatic nitrogens is 2. The van der Waals surface area contributed by atoms with E-state index >= 15 is 0 Å². The van der Waals surface area contributed by atoms with Crippen LogP contribution in [0, 0.1) is 6.92 Å². The molecule has 1 atom stereocenters. The Hall–Kier alpha value is -2.42. The van der Waals surface area contributed by atoms with Crippen molar-refractivity contribution < 1.29 is 14.3 Å². The van der Waals surface area contributed by atoms with Gasteiger partial charge in [-0.1, -0.05) is 39.1 Å². The van der Waals surface area contributed by atoms with Gasteiger partial charge in [0.2, 0.25) is 0 Å². The molecule has 0 unspecified atom stereocenters. The minimum absolute atomic E-state index is 0.159. The molecule has 3 aromatic rings. The van der Waals surface area contributed by atoms with Crippen molar-refractivity contribution in [2.45, 2.75) is 26.9 Å². The molecule has 1 aromatic heterocycles. The van der Waals surface area contributed by atoms with Gasteiger partial charge in [0, 0.05) is 4.47 Å². The average molecular weight is 527 g/mol. The predicted octanol–water partition coefficient (Wildman–Crippen LogP) is 4.99. The molecule has 0 spiro atoms. The normalized spacial score (nSPS) is 12.3. The maximum absolute atomic E-state index is 12.8. The van der Waals surface area contributed by atoms with E-state index in [1.54, 1.807) is 45.0 Å². The highest BCUT2D eigenvalue weighted by atomic mass is 79.9. The molecule has 0 radical (unpaired) electrons. The molecule has 3 rings (SSSR count). The van der Waals surface area contributed by atoms with Crippen molar-refractivity contribution in [3.05, 3.63) is 66.6 Å². The van der Waals surface area contributed by atoms with E-state index in [0.29, 0.717) is 22.3 Å². The fourth-order valence-corrected chi connectivity index (χ4v) is 3.73. The lowest BCUT2D eigenvalue weighted by molar-refractivity contribution is -0.150. The molecule has 1 heterocycles. The lowest BCUT2D eigenvalue weighted by atomic mass is 10.2. The molecule has 0 aliphatic rings. The molecule has 10 heteroatoms. The van der Waals surface area contributed by atoms with Gasteiger partial charge in [0.1, 0.15) is 5.82 Å². The Morgan fingerprint density at radius 3 is 2.61 bits per heavy atom. The number of benzene rings is 2. The summed E-state index contributed by atoms with van der Waals surface area (Å²) in [5.74, 6) is 0.0636. The molecule has 0 fully saturated rings. The van der Waals surface area contributed by atoms with Crippen molar-refractivity contribution in [2.24, 2.45) is 5.10 Å². The first kappa shape index (κ1) is 23.2. The zero-order valence-corrected chi connectivity index (χ0v) is 20.0. The largest absolute Gasteiger partial charge is 0.476 e. The molecule has 0 aliphatic carbocycles. The van der Waals surface area contributed by atoms with Crippen molar-refractivity contribution >= 4 is 62.2 Å². The Labute approximate surface area is 196 Å². The molecule has 31 heavy (non-hydrogen) atoms. The Morgan fingerprint density at radius 1 is 1.29 bits per heavy atom. The minimum atomic E-state index is -0.876. The molecule has 0 saturated carbocycles. The molecule has 0 bridgehead atoms. The van der Waals surface area contributed by atoms with Crippen LogP contribution in [0.25, 0.3) is 10.9 Å². The average Bonchev–Trinajstić information content (AvgIpc) is 2.71. The molecule has 162 valence electrons. The van der Waals surface area contributed by atoms with Gasteiger partial charge in [-0.05, 0) is 56.7 Å². The standard InChI is InChI=1S/C21H18BrCl2N3O4/c1-4-30-21(29)11(2)31-19-16(23)7-13(8-17(19)24)10-25-27-12(3)26-18-6-5-14(22)9-15(18)20(27)28/h5-11H,4H2,1-3H3/t11-/m1/s1. The summed E-state index contributed by atoms with van der Waals surface area (Å²) in [6, 6.07) is 8.40. The first-order valence-electron chi connectivity index (χ1n) is 9.26. The van der Waals surface area contributed by atoms with E-state index in [0.717, 1.165) is 4.47 Å². The van der Waals surface area contributed by atoms with Crippen molar-refractivity contribution in [1.29, 1.82) is 0 Å². The maximum Gasteiger partial charge on any atom is 0.347 e. The van der Waals surface area contributed by atoms with Gasteiger partial charge in [-0.25, -0.2) is 9.78 Å². The van der Waals surface area contributed by atoms with Crippen LogP contribution in [-0.2, 0) is 9.53 Å². The van der Waals surface area contributed by atoms with Crippen molar-refractivity contribution in [2.75, 3.05) is 6.61 Å². The van der Waals surface area contributed by atoms with Crippen LogP contribution in [0.4, 0.5) is 0 Å². The number of aryl methyl sites for hydroxylation is 1. The number of rotatable bonds is 6. The minimum Gasteiger partial charge on any atom is -0.476 e. The van der Waals surface area contributed by atoms with Crippen LogP contribution in [0.3, 0.4) is 0 Å². The summed E-state index contributed by atoms with van der Waals surface area (Å²) in [5.41, 5.74) is 0.813. The molecule has 0 saturated heterocycles. The van der Waals surface area contributed by atoms with E-state index < -0.39 is 12.1 Å². The summed E-state index contributed by atoms with van der Waals surface area (Å²) in [4.78, 5) is 29.0. The van der Waals surface area contributed by atoms with Gasteiger partial charge in [-0.3, -0.25) is 4.79 Å². The first-order valence-corrected chi connectivity index (χ1v) is 10.8. The highest BCUT2D eigenvalue weighted by molar-refractivity contribution is 9.10. The van der Waals surface area contributed by atoms with Gasteiger partial charge in [0.25, 0.3) is 5.56 Å². The van der Waals surface area contributed by atoms with Gasteiger partial charge in [-0.2, -0.15) is 9.78 Å².